The first-order valence-corrected chi connectivity index (χ1v) is 8.76. The molecular weight excluding hydrogens is 300 g/mol. The lowest BCUT2D eigenvalue weighted by molar-refractivity contribution is -0.116. The molecule has 0 saturated carbocycles. The summed E-state index contributed by atoms with van der Waals surface area (Å²) in [6.45, 7) is 6.55. The van der Waals surface area contributed by atoms with Gasteiger partial charge in [-0.3, -0.25) is 9.48 Å². The molecule has 0 spiro atoms. The van der Waals surface area contributed by atoms with Gasteiger partial charge in [0.05, 0.1) is 6.04 Å². The van der Waals surface area contributed by atoms with Gasteiger partial charge in [-0.1, -0.05) is 6.92 Å². The van der Waals surface area contributed by atoms with E-state index in [2.05, 4.69) is 34.4 Å². The van der Waals surface area contributed by atoms with Crippen molar-refractivity contribution in [2.75, 3.05) is 23.3 Å². The van der Waals surface area contributed by atoms with Crippen LogP contribution in [0.15, 0.2) is 42.7 Å². The lowest BCUT2D eigenvalue weighted by Gasteiger charge is -2.32. The third-order valence-electron chi connectivity index (χ3n) is 4.76. The van der Waals surface area contributed by atoms with Crippen LogP contribution in [0, 0.1) is 5.92 Å². The molecule has 3 rings (SSSR count). The van der Waals surface area contributed by atoms with Crippen LogP contribution < -0.4 is 10.2 Å². The number of piperidine rings is 1. The molecule has 1 fully saturated rings. The Morgan fingerprint density at radius 1 is 1.29 bits per heavy atom. The standard InChI is InChI=1S/C19H26N4O/c1-15-8-12-22(13-9-15)18-6-4-17(5-7-18)21-19(24)14-16(2)23-11-3-10-20-23/h3-7,10-11,15-16H,8-9,12-14H2,1-2H3,(H,21,24). The zero-order chi connectivity index (χ0) is 16.9. The van der Waals surface area contributed by atoms with E-state index in [4.69, 9.17) is 0 Å². The Bertz CT molecular complexity index is 643. The number of hydrogen-bond donors (Lipinski definition) is 1. The molecular formula is C19H26N4O. The van der Waals surface area contributed by atoms with Gasteiger partial charge in [-0.05, 0) is 56.0 Å². The number of carbonyl (C=O) groups excluding carboxylic acids is 1. The molecule has 5 nitrogen and oxygen atoms in total. The number of aromatic nitrogens is 2. The zero-order valence-electron chi connectivity index (χ0n) is 14.5. The van der Waals surface area contributed by atoms with Crippen LogP contribution in [0.25, 0.3) is 0 Å². The Hall–Kier alpha value is -2.30. The molecule has 0 aliphatic carbocycles. The van der Waals surface area contributed by atoms with Gasteiger partial charge in [-0.15, -0.1) is 0 Å². The summed E-state index contributed by atoms with van der Waals surface area (Å²) in [5.41, 5.74) is 2.09. The second-order valence-electron chi connectivity index (χ2n) is 6.80. The molecule has 24 heavy (non-hydrogen) atoms. The topological polar surface area (TPSA) is 50.2 Å². The fraction of sp³-hybridized carbons (Fsp3) is 0.474. The number of anilines is 2. The minimum absolute atomic E-state index is 0.0116. The Morgan fingerprint density at radius 3 is 2.62 bits per heavy atom. The van der Waals surface area contributed by atoms with Gasteiger partial charge >= 0.3 is 0 Å². The van der Waals surface area contributed by atoms with E-state index >= 15 is 0 Å². The van der Waals surface area contributed by atoms with E-state index in [9.17, 15) is 4.79 Å². The molecule has 0 radical (unpaired) electrons. The van der Waals surface area contributed by atoms with Crippen molar-refractivity contribution in [3.8, 4) is 0 Å². The summed E-state index contributed by atoms with van der Waals surface area (Å²) >= 11 is 0. The van der Waals surface area contributed by atoms with E-state index in [1.54, 1.807) is 10.9 Å². The molecule has 1 unspecified atom stereocenters. The van der Waals surface area contributed by atoms with Crippen molar-refractivity contribution in [1.29, 1.82) is 0 Å². The first-order chi connectivity index (χ1) is 11.6. The number of hydrogen-bond acceptors (Lipinski definition) is 3. The van der Waals surface area contributed by atoms with Crippen LogP contribution in [0.1, 0.15) is 39.2 Å². The summed E-state index contributed by atoms with van der Waals surface area (Å²) in [6.07, 6.45) is 6.53. The summed E-state index contributed by atoms with van der Waals surface area (Å²) in [5, 5.41) is 7.15. The first kappa shape index (κ1) is 16.6. The van der Waals surface area contributed by atoms with Crippen LogP contribution >= 0.6 is 0 Å². The minimum atomic E-state index is 0.0116. The molecule has 1 aliphatic heterocycles. The monoisotopic (exact) mass is 326 g/mol. The molecule has 1 aromatic heterocycles. The van der Waals surface area contributed by atoms with Gasteiger partial charge in [-0.25, -0.2) is 0 Å². The van der Waals surface area contributed by atoms with Gasteiger partial charge in [0.15, 0.2) is 0 Å². The molecule has 1 N–H and O–H groups in total. The maximum Gasteiger partial charge on any atom is 0.226 e. The van der Waals surface area contributed by atoms with Crippen LogP contribution in [-0.4, -0.2) is 28.8 Å². The lowest BCUT2D eigenvalue weighted by atomic mass is 9.99. The summed E-state index contributed by atoms with van der Waals surface area (Å²) in [4.78, 5) is 14.6. The second-order valence-corrected chi connectivity index (χ2v) is 6.80. The molecule has 0 bridgehead atoms. The van der Waals surface area contributed by atoms with E-state index in [0.29, 0.717) is 6.42 Å². The number of nitrogens with one attached hydrogen (secondary N) is 1. The van der Waals surface area contributed by atoms with E-state index in [1.807, 2.05) is 31.3 Å². The van der Waals surface area contributed by atoms with Crippen molar-refractivity contribution in [3.05, 3.63) is 42.7 Å². The first-order valence-electron chi connectivity index (χ1n) is 8.76. The average molecular weight is 326 g/mol. The zero-order valence-corrected chi connectivity index (χ0v) is 14.5. The molecule has 1 saturated heterocycles. The predicted octanol–water partition coefficient (Wildman–Crippen LogP) is 3.71. The van der Waals surface area contributed by atoms with E-state index in [1.165, 1.54) is 18.5 Å². The Kier molecular flexibility index (Phi) is 5.18. The molecule has 5 heteroatoms. The normalized spacial score (nSPS) is 16.8. The maximum atomic E-state index is 12.2. The third kappa shape index (κ3) is 4.16. The van der Waals surface area contributed by atoms with Crippen LogP contribution in [0.5, 0.6) is 0 Å². The quantitative estimate of drug-likeness (QED) is 0.911. The molecule has 2 heterocycles. The molecule has 128 valence electrons. The Morgan fingerprint density at radius 2 is 2.00 bits per heavy atom. The number of rotatable bonds is 5. The molecule has 1 atom stereocenters. The third-order valence-corrected chi connectivity index (χ3v) is 4.76. The Balaban J connectivity index is 1.53. The number of amides is 1. The van der Waals surface area contributed by atoms with Gasteiger partial charge in [0, 0.05) is 43.3 Å². The SMILES string of the molecule is CC1CCN(c2ccc(NC(=O)CC(C)n3cccn3)cc2)CC1. The highest BCUT2D eigenvalue weighted by atomic mass is 16.1. The van der Waals surface area contributed by atoms with Crippen LogP contribution in [0.2, 0.25) is 0 Å². The van der Waals surface area contributed by atoms with Crippen molar-refractivity contribution in [2.24, 2.45) is 5.92 Å². The minimum Gasteiger partial charge on any atom is -0.372 e. The van der Waals surface area contributed by atoms with E-state index in [-0.39, 0.29) is 11.9 Å². The average Bonchev–Trinajstić information content (AvgIpc) is 3.11. The predicted molar refractivity (Wildman–Crippen MR) is 97.2 cm³/mol. The van der Waals surface area contributed by atoms with Crippen LogP contribution in [0.3, 0.4) is 0 Å². The van der Waals surface area contributed by atoms with Gasteiger partial charge in [0.1, 0.15) is 0 Å². The largest absolute Gasteiger partial charge is 0.372 e. The van der Waals surface area contributed by atoms with Gasteiger partial charge in [-0.2, -0.15) is 5.10 Å². The van der Waals surface area contributed by atoms with Gasteiger partial charge in [0.25, 0.3) is 0 Å². The fourth-order valence-electron chi connectivity index (χ4n) is 3.14. The number of carbonyl (C=O) groups is 1. The highest BCUT2D eigenvalue weighted by Crippen LogP contribution is 2.24. The van der Waals surface area contributed by atoms with Crippen molar-refractivity contribution in [3.63, 3.8) is 0 Å². The fourth-order valence-corrected chi connectivity index (χ4v) is 3.14. The van der Waals surface area contributed by atoms with E-state index < -0.39 is 0 Å². The Labute approximate surface area is 143 Å². The second kappa shape index (κ2) is 7.51. The lowest BCUT2D eigenvalue weighted by Crippen LogP contribution is -2.32. The molecule has 2 aromatic rings. The molecule has 1 amide bonds. The summed E-state index contributed by atoms with van der Waals surface area (Å²) in [7, 11) is 0. The van der Waals surface area contributed by atoms with Crippen molar-refractivity contribution >= 4 is 17.3 Å². The van der Waals surface area contributed by atoms with Crippen molar-refractivity contribution < 1.29 is 4.79 Å². The van der Waals surface area contributed by atoms with Gasteiger partial charge in [0.2, 0.25) is 5.91 Å². The smallest absolute Gasteiger partial charge is 0.226 e. The highest BCUT2D eigenvalue weighted by molar-refractivity contribution is 5.91. The van der Waals surface area contributed by atoms with Crippen LogP contribution in [-0.2, 0) is 4.79 Å². The number of nitrogens with zero attached hydrogens (tertiary/aromatic N) is 3. The summed E-state index contributed by atoms with van der Waals surface area (Å²) in [6, 6.07) is 10.1. The summed E-state index contributed by atoms with van der Waals surface area (Å²) in [5.74, 6) is 0.842. The maximum absolute atomic E-state index is 12.2. The highest BCUT2D eigenvalue weighted by Gasteiger charge is 2.16. The van der Waals surface area contributed by atoms with Crippen molar-refractivity contribution in [1.82, 2.24) is 9.78 Å². The summed E-state index contributed by atoms with van der Waals surface area (Å²) < 4.78 is 1.81. The number of benzene rings is 1. The van der Waals surface area contributed by atoms with E-state index in [0.717, 1.165) is 24.7 Å². The van der Waals surface area contributed by atoms with Crippen molar-refractivity contribution in [2.45, 2.75) is 39.2 Å². The molecule has 1 aromatic carbocycles. The van der Waals surface area contributed by atoms with Gasteiger partial charge < -0.3 is 10.2 Å². The van der Waals surface area contributed by atoms with Crippen LogP contribution in [0.4, 0.5) is 11.4 Å². The molecule has 1 aliphatic rings.